The highest BCUT2D eigenvalue weighted by atomic mass is 16.6. The molecule has 2 aromatic heterocycles. The lowest BCUT2D eigenvalue weighted by molar-refractivity contribution is -0.132. The molecular formula is C17H21N5O5. The topological polar surface area (TPSA) is 157 Å². The van der Waals surface area contributed by atoms with Crippen molar-refractivity contribution in [1.82, 2.24) is 19.9 Å². The van der Waals surface area contributed by atoms with E-state index in [0.717, 1.165) is 17.9 Å². The summed E-state index contributed by atoms with van der Waals surface area (Å²) in [4.78, 5) is 15.4. The van der Waals surface area contributed by atoms with Gasteiger partial charge in [0.1, 0.15) is 30.2 Å². The summed E-state index contributed by atoms with van der Waals surface area (Å²) in [5, 5.41) is 38.2. The zero-order chi connectivity index (χ0) is 19.2. The molecular weight excluding hydrogens is 354 g/mol. The van der Waals surface area contributed by atoms with E-state index in [0.29, 0.717) is 5.65 Å². The fourth-order valence-electron chi connectivity index (χ4n) is 2.56. The highest BCUT2D eigenvalue weighted by Crippen LogP contribution is 2.18. The minimum absolute atomic E-state index is 0.407. The van der Waals surface area contributed by atoms with Gasteiger partial charge in [0.15, 0.2) is 17.8 Å². The van der Waals surface area contributed by atoms with Crippen LogP contribution in [0.4, 0.5) is 5.82 Å². The molecule has 1 fully saturated rings. The molecule has 0 saturated carbocycles. The molecule has 0 radical (unpaired) electrons. The van der Waals surface area contributed by atoms with Crippen LogP contribution in [0.25, 0.3) is 11.2 Å². The molecule has 1 aliphatic heterocycles. The van der Waals surface area contributed by atoms with Crippen molar-refractivity contribution in [3.8, 4) is 0 Å². The molecule has 0 aliphatic carbocycles. The molecule has 4 atom stereocenters. The Morgan fingerprint density at radius 1 is 1.04 bits per heavy atom. The lowest BCUT2D eigenvalue weighted by Crippen LogP contribution is -2.33. The molecule has 0 spiro atoms. The van der Waals surface area contributed by atoms with Crippen LogP contribution in [0.15, 0.2) is 43.0 Å². The summed E-state index contributed by atoms with van der Waals surface area (Å²) >= 11 is 0. The number of rotatable bonds is 4. The van der Waals surface area contributed by atoms with E-state index in [1.807, 2.05) is 18.2 Å². The van der Waals surface area contributed by atoms with E-state index in [4.69, 9.17) is 20.4 Å². The first-order chi connectivity index (χ1) is 13.1. The molecule has 1 aromatic carbocycles. The Morgan fingerprint density at radius 2 is 1.81 bits per heavy atom. The van der Waals surface area contributed by atoms with Crippen LogP contribution in [0.2, 0.25) is 0 Å². The maximum absolute atomic E-state index is 8.93. The maximum atomic E-state index is 8.93. The Bertz CT molecular complexity index is 846. The van der Waals surface area contributed by atoms with Gasteiger partial charge >= 0.3 is 0 Å². The third-order valence-electron chi connectivity index (χ3n) is 4.04. The zero-order valence-corrected chi connectivity index (χ0v) is 14.3. The Labute approximate surface area is 154 Å². The monoisotopic (exact) mass is 375 g/mol. The number of fused-ring (bicyclic) bond motifs is 1. The van der Waals surface area contributed by atoms with E-state index in [1.165, 1.54) is 11.9 Å². The van der Waals surface area contributed by atoms with Gasteiger partial charge in [-0.25, -0.2) is 15.0 Å². The Morgan fingerprint density at radius 3 is 2.44 bits per heavy atom. The van der Waals surface area contributed by atoms with Crippen LogP contribution < -0.4 is 5.32 Å². The van der Waals surface area contributed by atoms with Crippen molar-refractivity contribution in [2.75, 3.05) is 11.9 Å². The second kappa shape index (κ2) is 8.84. The van der Waals surface area contributed by atoms with Gasteiger partial charge in [-0.3, -0.25) is 0 Å². The summed E-state index contributed by atoms with van der Waals surface area (Å²) in [6.45, 7) is 0.321. The number of aliphatic hydroxyl groups excluding tert-OH is 4. The summed E-state index contributed by atoms with van der Waals surface area (Å²) < 4.78 is 4.54. The lowest BCUT2D eigenvalue weighted by Gasteiger charge is -2.09. The van der Waals surface area contributed by atoms with E-state index < -0.39 is 31.2 Å². The van der Waals surface area contributed by atoms with Gasteiger partial charge in [-0.1, -0.05) is 30.3 Å². The van der Waals surface area contributed by atoms with Crippen LogP contribution in [0.3, 0.4) is 0 Å². The van der Waals surface area contributed by atoms with E-state index in [-0.39, 0.29) is 0 Å². The smallest absolute Gasteiger partial charge is 0.184 e. The summed E-state index contributed by atoms with van der Waals surface area (Å²) in [6.07, 6.45) is -1.63. The Hall–Kier alpha value is -2.63. The fourth-order valence-corrected chi connectivity index (χ4v) is 2.56. The number of hydrogen-bond donors (Lipinski definition) is 6. The predicted octanol–water partition coefficient (Wildman–Crippen LogP) is -0.617. The summed E-state index contributed by atoms with van der Waals surface area (Å²) in [7, 11) is 0. The highest BCUT2D eigenvalue weighted by molar-refractivity contribution is 5.81. The van der Waals surface area contributed by atoms with E-state index in [1.54, 1.807) is 6.33 Å². The van der Waals surface area contributed by atoms with Crippen LogP contribution in [0.5, 0.6) is 0 Å². The zero-order valence-electron chi connectivity index (χ0n) is 14.3. The van der Waals surface area contributed by atoms with Gasteiger partial charge in [0, 0.05) is 6.54 Å². The van der Waals surface area contributed by atoms with Crippen molar-refractivity contribution in [1.29, 1.82) is 0 Å². The number of aliphatic hydroxyl groups is 4. The molecule has 3 aromatic rings. The Kier molecular flexibility index (Phi) is 6.27. The van der Waals surface area contributed by atoms with Gasteiger partial charge in [-0.15, -0.1) is 0 Å². The molecule has 4 rings (SSSR count). The third-order valence-corrected chi connectivity index (χ3v) is 4.04. The summed E-state index contributed by atoms with van der Waals surface area (Å²) in [6, 6.07) is 10.2. The van der Waals surface area contributed by atoms with Gasteiger partial charge in [0.2, 0.25) is 0 Å². The van der Waals surface area contributed by atoms with Crippen molar-refractivity contribution < 1.29 is 25.2 Å². The van der Waals surface area contributed by atoms with Crippen molar-refractivity contribution in [2.45, 2.75) is 31.1 Å². The largest absolute Gasteiger partial charge is 0.394 e. The number of aromatic amines is 1. The quantitative estimate of drug-likeness (QED) is 0.350. The number of H-pyrrole nitrogens is 1. The van der Waals surface area contributed by atoms with Crippen molar-refractivity contribution in [2.24, 2.45) is 0 Å². The number of imidazole rings is 1. The summed E-state index contributed by atoms with van der Waals surface area (Å²) in [5.74, 6) is 0.774. The SMILES string of the molecule is OC[C@H]1OC(O)[C@H](O)[C@@H]1O.c1ccc(CNc2ncnc3nc[nH]c23)cc1. The number of aromatic nitrogens is 4. The number of hydrogen-bond acceptors (Lipinski definition) is 9. The van der Waals surface area contributed by atoms with E-state index in [9.17, 15) is 0 Å². The molecule has 1 saturated heterocycles. The first kappa shape index (κ1) is 19.1. The molecule has 0 bridgehead atoms. The molecule has 10 heteroatoms. The van der Waals surface area contributed by atoms with Crippen LogP contribution in [0.1, 0.15) is 5.56 Å². The minimum atomic E-state index is -1.38. The Balaban J connectivity index is 0.000000180. The average molecular weight is 375 g/mol. The highest BCUT2D eigenvalue weighted by Gasteiger charge is 2.41. The number of ether oxygens (including phenoxy) is 1. The fraction of sp³-hybridized carbons (Fsp3) is 0.353. The predicted molar refractivity (Wildman–Crippen MR) is 95.4 cm³/mol. The number of benzene rings is 1. The number of nitrogens with zero attached hydrogens (tertiary/aromatic N) is 3. The molecule has 3 heterocycles. The van der Waals surface area contributed by atoms with Gasteiger partial charge in [0.25, 0.3) is 0 Å². The number of nitrogens with one attached hydrogen (secondary N) is 2. The standard InChI is InChI=1S/C12H11N5.C5H10O5/c1-2-4-9(5-3-1)6-13-11-10-12(15-7-14-10)17-8-16-11;6-1-2-3(7)4(8)5(9)10-2/h1-5,7-8H,6H2,(H2,13,14,15,16,17);2-9H,1H2/t;2-,3-,4-,5?/m.1/s1. The molecule has 10 nitrogen and oxygen atoms in total. The summed E-state index contributed by atoms with van der Waals surface area (Å²) in [5.41, 5.74) is 2.72. The molecule has 0 amide bonds. The normalized spacial score (nSPS) is 24.4. The van der Waals surface area contributed by atoms with Crippen molar-refractivity contribution in [3.63, 3.8) is 0 Å². The molecule has 1 unspecified atom stereocenters. The molecule has 27 heavy (non-hydrogen) atoms. The lowest BCUT2D eigenvalue weighted by atomic mass is 10.1. The van der Waals surface area contributed by atoms with Gasteiger partial charge in [0.05, 0.1) is 12.9 Å². The van der Waals surface area contributed by atoms with Gasteiger partial charge in [-0.05, 0) is 5.56 Å². The van der Waals surface area contributed by atoms with Crippen LogP contribution >= 0.6 is 0 Å². The van der Waals surface area contributed by atoms with Crippen LogP contribution in [0, 0.1) is 0 Å². The first-order valence-corrected chi connectivity index (χ1v) is 8.32. The molecule has 144 valence electrons. The first-order valence-electron chi connectivity index (χ1n) is 8.32. The van der Waals surface area contributed by atoms with Gasteiger partial charge in [-0.2, -0.15) is 0 Å². The van der Waals surface area contributed by atoms with Gasteiger partial charge < -0.3 is 35.5 Å². The average Bonchev–Trinajstić information content (AvgIpc) is 3.28. The second-order valence-corrected chi connectivity index (χ2v) is 5.89. The molecule has 1 aliphatic rings. The van der Waals surface area contributed by atoms with Crippen LogP contribution in [-0.2, 0) is 11.3 Å². The molecule has 6 N–H and O–H groups in total. The van der Waals surface area contributed by atoms with E-state index in [2.05, 4.69) is 42.1 Å². The second-order valence-electron chi connectivity index (χ2n) is 5.89. The number of anilines is 1. The van der Waals surface area contributed by atoms with Crippen molar-refractivity contribution in [3.05, 3.63) is 48.5 Å². The minimum Gasteiger partial charge on any atom is -0.394 e. The third kappa shape index (κ3) is 4.56. The van der Waals surface area contributed by atoms with E-state index >= 15 is 0 Å². The van der Waals surface area contributed by atoms with Crippen LogP contribution in [-0.4, -0.2) is 71.6 Å². The maximum Gasteiger partial charge on any atom is 0.184 e. The van der Waals surface area contributed by atoms with Crippen molar-refractivity contribution >= 4 is 17.0 Å².